The van der Waals surface area contributed by atoms with Crippen LogP contribution in [0.2, 0.25) is 0 Å². The Morgan fingerprint density at radius 3 is 2.26 bits per heavy atom. The van der Waals surface area contributed by atoms with Crippen LogP contribution in [0.3, 0.4) is 0 Å². The molecular weight excluding hydrogens is 246 g/mol. The van der Waals surface area contributed by atoms with Crippen molar-refractivity contribution in [2.75, 3.05) is 0 Å². The number of amides is 1. The number of oxime groups is 1. The predicted molar refractivity (Wildman–Crippen MR) is 72.3 cm³/mol. The van der Waals surface area contributed by atoms with Gasteiger partial charge < -0.3 is 21.4 Å². The van der Waals surface area contributed by atoms with E-state index in [1.807, 2.05) is 13.8 Å². The number of aromatic hydroxyl groups is 1. The van der Waals surface area contributed by atoms with Gasteiger partial charge in [-0.05, 0) is 37.1 Å². The molecule has 0 aliphatic carbocycles. The highest BCUT2D eigenvalue weighted by atomic mass is 16.4. The number of nitrogens with two attached hydrogens (primary N) is 1. The SMILES string of the molecule is CCC(CC)(NC(=O)c1ccc(O)cc1)/C(N)=N/O. The molecule has 0 heterocycles. The Morgan fingerprint density at radius 1 is 1.32 bits per heavy atom. The number of hydrogen-bond donors (Lipinski definition) is 4. The first-order chi connectivity index (χ1) is 8.99. The van der Waals surface area contributed by atoms with Crippen molar-refractivity contribution >= 4 is 11.7 Å². The molecule has 0 spiro atoms. The van der Waals surface area contributed by atoms with E-state index in [0.29, 0.717) is 18.4 Å². The van der Waals surface area contributed by atoms with Crippen LogP contribution in [-0.2, 0) is 0 Å². The number of nitrogens with zero attached hydrogens (tertiary/aromatic N) is 1. The summed E-state index contributed by atoms with van der Waals surface area (Å²) in [6.07, 6.45) is 1.01. The van der Waals surface area contributed by atoms with Gasteiger partial charge >= 0.3 is 0 Å². The average Bonchev–Trinajstić information content (AvgIpc) is 2.44. The number of phenolic OH excluding ortho intramolecular Hbond substituents is 1. The standard InChI is InChI=1S/C13H19N3O3/c1-3-13(4-2,12(14)16-19)15-11(18)9-5-7-10(17)8-6-9/h5-8,17,19H,3-4H2,1-2H3,(H2,14,16)(H,15,18). The van der Waals surface area contributed by atoms with Crippen molar-refractivity contribution in [1.82, 2.24) is 5.32 Å². The first-order valence-corrected chi connectivity index (χ1v) is 6.08. The molecule has 104 valence electrons. The summed E-state index contributed by atoms with van der Waals surface area (Å²) in [6.45, 7) is 3.69. The Labute approximate surface area is 111 Å². The summed E-state index contributed by atoms with van der Waals surface area (Å²) < 4.78 is 0. The van der Waals surface area contributed by atoms with E-state index < -0.39 is 5.54 Å². The molecule has 6 nitrogen and oxygen atoms in total. The zero-order valence-electron chi connectivity index (χ0n) is 11.1. The van der Waals surface area contributed by atoms with Gasteiger partial charge in [0.1, 0.15) is 11.3 Å². The highest BCUT2D eigenvalue weighted by molar-refractivity contribution is 6.00. The lowest BCUT2D eigenvalue weighted by Crippen LogP contribution is -2.56. The fourth-order valence-corrected chi connectivity index (χ4v) is 1.85. The number of benzene rings is 1. The second kappa shape index (κ2) is 6.08. The van der Waals surface area contributed by atoms with Crippen molar-refractivity contribution < 1.29 is 15.1 Å². The van der Waals surface area contributed by atoms with E-state index in [0.717, 1.165) is 0 Å². The van der Waals surface area contributed by atoms with Gasteiger partial charge in [-0.3, -0.25) is 4.79 Å². The van der Waals surface area contributed by atoms with Crippen molar-refractivity contribution in [3.05, 3.63) is 29.8 Å². The third kappa shape index (κ3) is 3.15. The Hall–Kier alpha value is -2.24. The molecule has 0 unspecified atom stereocenters. The van der Waals surface area contributed by atoms with Crippen LogP contribution in [0.5, 0.6) is 5.75 Å². The Balaban J connectivity index is 2.97. The first-order valence-electron chi connectivity index (χ1n) is 6.08. The van der Waals surface area contributed by atoms with Crippen molar-refractivity contribution in [2.24, 2.45) is 10.9 Å². The molecule has 0 aliphatic heterocycles. The Morgan fingerprint density at radius 2 is 1.84 bits per heavy atom. The molecule has 0 atom stereocenters. The minimum absolute atomic E-state index is 0.0235. The van der Waals surface area contributed by atoms with Gasteiger partial charge in [0, 0.05) is 5.56 Å². The maximum atomic E-state index is 12.1. The summed E-state index contributed by atoms with van der Waals surface area (Å²) in [5.41, 5.74) is 5.20. The lowest BCUT2D eigenvalue weighted by atomic mass is 9.91. The lowest BCUT2D eigenvalue weighted by Gasteiger charge is -2.31. The van der Waals surface area contributed by atoms with Crippen LogP contribution in [0.4, 0.5) is 0 Å². The van der Waals surface area contributed by atoms with Gasteiger partial charge in [0.15, 0.2) is 5.84 Å². The quantitative estimate of drug-likeness (QED) is 0.279. The normalized spacial score (nSPS) is 12.2. The van der Waals surface area contributed by atoms with Crippen LogP contribution in [0.15, 0.2) is 29.4 Å². The molecule has 1 rings (SSSR count). The minimum Gasteiger partial charge on any atom is -0.508 e. The van der Waals surface area contributed by atoms with E-state index in [4.69, 9.17) is 10.9 Å². The molecule has 0 fully saturated rings. The van der Waals surface area contributed by atoms with Crippen LogP contribution < -0.4 is 11.1 Å². The zero-order chi connectivity index (χ0) is 14.5. The van der Waals surface area contributed by atoms with E-state index in [1.165, 1.54) is 24.3 Å². The predicted octanol–water partition coefficient (Wildman–Crippen LogP) is 1.43. The molecule has 0 radical (unpaired) electrons. The Kier molecular flexibility index (Phi) is 4.74. The number of rotatable bonds is 5. The van der Waals surface area contributed by atoms with E-state index in [2.05, 4.69) is 10.5 Å². The van der Waals surface area contributed by atoms with Gasteiger partial charge in [-0.1, -0.05) is 19.0 Å². The van der Waals surface area contributed by atoms with Gasteiger partial charge in [0.25, 0.3) is 5.91 Å². The largest absolute Gasteiger partial charge is 0.508 e. The number of carbonyl (C=O) groups excluding carboxylic acids is 1. The third-order valence-corrected chi connectivity index (χ3v) is 3.29. The number of carbonyl (C=O) groups is 1. The fraction of sp³-hybridized carbons (Fsp3) is 0.385. The minimum atomic E-state index is -0.871. The summed E-state index contributed by atoms with van der Waals surface area (Å²) in [4.78, 5) is 12.1. The number of hydrogen-bond acceptors (Lipinski definition) is 4. The second-order valence-corrected chi connectivity index (χ2v) is 4.28. The monoisotopic (exact) mass is 265 g/mol. The maximum Gasteiger partial charge on any atom is 0.252 e. The molecule has 0 saturated carbocycles. The van der Waals surface area contributed by atoms with Crippen molar-refractivity contribution in [3.63, 3.8) is 0 Å². The number of phenols is 1. The summed E-state index contributed by atoms with van der Waals surface area (Å²) in [5, 5.41) is 23.8. The van der Waals surface area contributed by atoms with Gasteiger partial charge in [-0.15, -0.1) is 0 Å². The molecule has 5 N–H and O–H groups in total. The van der Waals surface area contributed by atoms with E-state index in [1.54, 1.807) is 0 Å². The lowest BCUT2D eigenvalue weighted by molar-refractivity contribution is 0.0918. The van der Waals surface area contributed by atoms with Crippen LogP contribution in [-0.4, -0.2) is 27.6 Å². The van der Waals surface area contributed by atoms with Gasteiger partial charge in [0.05, 0.1) is 0 Å². The van der Waals surface area contributed by atoms with Gasteiger partial charge in [-0.2, -0.15) is 0 Å². The molecule has 1 amide bonds. The number of nitrogens with one attached hydrogen (secondary N) is 1. The summed E-state index contributed by atoms with van der Waals surface area (Å²) in [6, 6.07) is 5.87. The molecule has 1 aromatic carbocycles. The smallest absolute Gasteiger partial charge is 0.252 e. The first kappa shape index (κ1) is 14.8. The zero-order valence-corrected chi connectivity index (χ0v) is 11.1. The van der Waals surface area contributed by atoms with Gasteiger partial charge in [-0.25, -0.2) is 0 Å². The van der Waals surface area contributed by atoms with E-state index in [-0.39, 0.29) is 17.5 Å². The summed E-state index contributed by atoms with van der Waals surface area (Å²) >= 11 is 0. The average molecular weight is 265 g/mol. The molecule has 0 bridgehead atoms. The topological polar surface area (TPSA) is 108 Å². The van der Waals surface area contributed by atoms with E-state index in [9.17, 15) is 9.90 Å². The molecule has 0 aromatic heterocycles. The van der Waals surface area contributed by atoms with Crippen LogP contribution in [0, 0.1) is 0 Å². The van der Waals surface area contributed by atoms with Crippen molar-refractivity contribution in [1.29, 1.82) is 0 Å². The maximum absolute atomic E-state index is 12.1. The van der Waals surface area contributed by atoms with E-state index >= 15 is 0 Å². The molecule has 0 saturated heterocycles. The van der Waals surface area contributed by atoms with Crippen LogP contribution >= 0.6 is 0 Å². The summed E-state index contributed by atoms with van der Waals surface area (Å²) in [7, 11) is 0. The van der Waals surface area contributed by atoms with Crippen LogP contribution in [0.1, 0.15) is 37.0 Å². The van der Waals surface area contributed by atoms with Crippen molar-refractivity contribution in [3.8, 4) is 5.75 Å². The number of amidine groups is 1. The van der Waals surface area contributed by atoms with Gasteiger partial charge in [0.2, 0.25) is 0 Å². The molecule has 0 aliphatic rings. The highest BCUT2D eigenvalue weighted by Gasteiger charge is 2.33. The molecule has 1 aromatic rings. The fourth-order valence-electron chi connectivity index (χ4n) is 1.85. The molecule has 6 heteroatoms. The third-order valence-electron chi connectivity index (χ3n) is 3.29. The Bertz CT molecular complexity index is 465. The summed E-state index contributed by atoms with van der Waals surface area (Å²) in [5.74, 6) is -0.273. The van der Waals surface area contributed by atoms with Crippen molar-refractivity contribution in [2.45, 2.75) is 32.2 Å². The highest BCUT2D eigenvalue weighted by Crippen LogP contribution is 2.17. The molecule has 19 heavy (non-hydrogen) atoms. The van der Waals surface area contributed by atoms with Crippen LogP contribution in [0.25, 0.3) is 0 Å². The second-order valence-electron chi connectivity index (χ2n) is 4.28. The molecular formula is C13H19N3O3.